The minimum absolute atomic E-state index is 0.108. The molecule has 1 aliphatic heterocycles. The molecule has 0 saturated carbocycles. The summed E-state index contributed by atoms with van der Waals surface area (Å²) in [6.45, 7) is 1.09. The predicted octanol–water partition coefficient (Wildman–Crippen LogP) is 6.65. The van der Waals surface area contributed by atoms with Crippen LogP contribution in [0.3, 0.4) is 0 Å². The molecule has 4 aromatic carbocycles. The third kappa shape index (κ3) is 7.04. The molecule has 1 fully saturated rings. The van der Waals surface area contributed by atoms with Gasteiger partial charge in [-0.1, -0.05) is 78.9 Å². The van der Waals surface area contributed by atoms with E-state index in [1.807, 2.05) is 78.9 Å². The SMILES string of the molecule is COc1cc(/C=C2\SC(=NCc3ccccc3)N(Cc3ccccc3)C2=O)ccc1OCc1cccc(C(=O)O)c1. The number of aromatic carboxylic acids is 1. The lowest BCUT2D eigenvalue weighted by atomic mass is 10.1. The lowest BCUT2D eigenvalue weighted by Crippen LogP contribution is -2.28. The monoisotopic (exact) mass is 564 g/mol. The molecule has 206 valence electrons. The largest absolute Gasteiger partial charge is 0.493 e. The highest BCUT2D eigenvalue weighted by molar-refractivity contribution is 8.18. The Morgan fingerprint density at radius 3 is 2.29 bits per heavy atom. The Bertz CT molecular complexity index is 1600. The summed E-state index contributed by atoms with van der Waals surface area (Å²) in [5.74, 6) is -0.0834. The Labute approximate surface area is 242 Å². The molecule has 1 heterocycles. The minimum Gasteiger partial charge on any atom is -0.493 e. The number of hydrogen-bond acceptors (Lipinski definition) is 6. The first-order valence-corrected chi connectivity index (χ1v) is 13.8. The number of carboxylic acids is 1. The van der Waals surface area contributed by atoms with Gasteiger partial charge in [-0.05, 0) is 64.4 Å². The van der Waals surface area contributed by atoms with E-state index in [2.05, 4.69) is 0 Å². The van der Waals surface area contributed by atoms with Crippen LogP contribution >= 0.6 is 11.8 Å². The fourth-order valence-electron chi connectivity index (χ4n) is 4.27. The lowest BCUT2D eigenvalue weighted by molar-refractivity contribution is -0.122. The Hall–Kier alpha value is -4.82. The van der Waals surface area contributed by atoms with Crippen LogP contribution in [-0.2, 0) is 24.5 Å². The second kappa shape index (κ2) is 13.0. The highest BCUT2D eigenvalue weighted by Crippen LogP contribution is 2.36. The summed E-state index contributed by atoms with van der Waals surface area (Å²) in [6.07, 6.45) is 1.83. The number of thioether (sulfide) groups is 1. The normalized spacial score (nSPS) is 15.0. The van der Waals surface area contributed by atoms with Crippen molar-refractivity contribution in [1.29, 1.82) is 0 Å². The van der Waals surface area contributed by atoms with E-state index >= 15 is 0 Å². The van der Waals surface area contributed by atoms with Crippen molar-refractivity contribution in [3.05, 3.63) is 136 Å². The van der Waals surface area contributed by atoms with E-state index < -0.39 is 5.97 Å². The Balaban J connectivity index is 1.36. The van der Waals surface area contributed by atoms with Crippen LogP contribution < -0.4 is 9.47 Å². The van der Waals surface area contributed by atoms with Crippen LogP contribution in [0.1, 0.15) is 32.6 Å². The highest BCUT2D eigenvalue weighted by Gasteiger charge is 2.33. The molecule has 4 aromatic rings. The van der Waals surface area contributed by atoms with Gasteiger partial charge in [0, 0.05) is 0 Å². The van der Waals surface area contributed by atoms with Crippen molar-refractivity contribution in [3.8, 4) is 11.5 Å². The van der Waals surface area contributed by atoms with Gasteiger partial charge in [0.25, 0.3) is 5.91 Å². The first-order valence-electron chi connectivity index (χ1n) is 13.0. The zero-order valence-electron chi connectivity index (χ0n) is 22.4. The van der Waals surface area contributed by atoms with E-state index in [9.17, 15) is 14.7 Å². The Morgan fingerprint density at radius 2 is 1.59 bits per heavy atom. The van der Waals surface area contributed by atoms with Crippen molar-refractivity contribution in [2.75, 3.05) is 7.11 Å². The molecule has 0 atom stereocenters. The van der Waals surface area contributed by atoms with Crippen LogP contribution in [0.15, 0.2) is 113 Å². The smallest absolute Gasteiger partial charge is 0.335 e. The molecule has 1 N–H and O–H groups in total. The van der Waals surface area contributed by atoms with E-state index in [1.54, 1.807) is 36.3 Å². The number of benzene rings is 4. The molecular formula is C33H28N2O5S. The molecule has 1 amide bonds. The molecule has 0 spiro atoms. The molecule has 0 aliphatic carbocycles. The number of methoxy groups -OCH3 is 1. The van der Waals surface area contributed by atoms with E-state index in [0.29, 0.717) is 34.7 Å². The molecule has 1 aliphatic rings. The maximum atomic E-state index is 13.6. The summed E-state index contributed by atoms with van der Waals surface area (Å²) in [4.78, 5) is 31.9. The molecule has 0 unspecified atom stereocenters. The first kappa shape index (κ1) is 27.7. The van der Waals surface area contributed by atoms with Crippen molar-refractivity contribution >= 4 is 34.9 Å². The van der Waals surface area contributed by atoms with Gasteiger partial charge in [0.1, 0.15) is 6.61 Å². The molecular weight excluding hydrogens is 536 g/mol. The number of carbonyl (C=O) groups is 2. The number of amidine groups is 1. The zero-order chi connectivity index (χ0) is 28.6. The van der Waals surface area contributed by atoms with Crippen molar-refractivity contribution in [3.63, 3.8) is 0 Å². The van der Waals surface area contributed by atoms with Crippen molar-refractivity contribution in [2.24, 2.45) is 4.99 Å². The van der Waals surface area contributed by atoms with E-state index in [1.165, 1.54) is 17.8 Å². The van der Waals surface area contributed by atoms with Gasteiger partial charge in [-0.2, -0.15) is 0 Å². The summed E-state index contributed by atoms with van der Waals surface area (Å²) in [7, 11) is 1.55. The quantitative estimate of drug-likeness (QED) is 0.217. The summed E-state index contributed by atoms with van der Waals surface area (Å²) in [5, 5.41) is 9.89. The average molecular weight is 565 g/mol. The van der Waals surface area contributed by atoms with Gasteiger partial charge < -0.3 is 14.6 Å². The third-order valence-corrected chi connectivity index (χ3v) is 7.41. The maximum Gasteiger partial charge on any atom is 0.335 e. The van der Waals surface area contributed by atoms with Crippen LogP contribution in [0, 0.1) is 0 Å². The summed E-state index contributed by atoms with van der Waals surface area (Å²) in [5.41, 5.74) is 3.80. The van der Waals surface area contributed by atoms with Crippen molar-refractivity contribution in [2.45, 2.75) is 19.7 Å². The van der Waals surface area contributed by atoms with Gasteiger partial charge >= 0.3 is 5.97 Å². The molecule has 7 nitrogen and oxygen atoms in total. The van der Waals surface area contributed by atoms with E-state index in [-0.39, 0.29) is 18.1 Å². The molecule has 0 radical (unpaired) electrons. The summed E-state index contributed by atoms with van der Waals surface area (Å²) in [6, 6.07) is 31.9. The van der Waals surface area contributed by atoms with E-state index in [4.69, 9.17) is 14.5 Å². The molecule has 8 heteroatoms. The number of rotatable bonds is 10. The predicted molar refractivity (Wildman–Crippen MR) is 161 cm³/mol. The third-order valence-electron chi connectivity index (χ3n) is 6.37. The topological polar surface area (TPSA) is 88.4 Å². The first-order chi connectivity index (χ1) is 20.0. The van der Waals surface area contributed by atoms with Crippen LogP contribution in [-0.4, -0.2) is 34.2 Å². The molecule has 0 bridgehead atoms. The molecule has 1 saturated heterocycles. The summed E-state index contributed by atoms with van der Waals surface area (Å²) >= 11 is 1.36. The van der Waals surface area contributed by atoms with Crippen molar-refractivity contribution in [1.82, 2.24) is 4.90 Å². The van der Waals surface area contributed by atoms with Gasteiger partial charge in [0.15, 0.2) is 16.7 Å². The van der Waals surface area contributed by atoms with Gasteiger partial charge in [0.2, 0.25) is 0 Å². The van der Waals surface area contributed by atoms with Crippen LogP contribution in [0.4, 0.5) is 0 Å². The van der Waals surface area contributed by atoms with Crippen molar-refractivity contribution < 1.29 is 24.2 Å². The number of carboxylic acid groups (broad SMARTS) is 1. The number of ether oxygens (including phenoxy) is 2. The number of amides is 1. The minimum atomic E-state index is -0.989. The maximum absolute atomic E-state index is 13.6. The molecule has 0 aromatic heterocycles. The number of nitrogens with zero attached hydrogens (tertiary/aromatic N) is 2. The van der Waals surface area contributed by atoms with Gasteiger partial charge in [0.05, 0.1) is 30.7 Å². The van der Waals surface area contributed by atoms with Crippen LogP contribution in [0.5, 0.6) is 11.5 Å². The summed E-state index contributed by atoms with van der Waals surface area (Å²) < 4.78 is 11.5. The van der Waals surface area contributed by atoms with Crippen LogP contribution in [0.25, 0.3) is 6.08 Å². The Kier molecular flexibility index (Phi) is 8.81. The highest BCUT2D eigenvalue weighted by atomic mass is 32.2. The number of carbonyl (C=O) groups excluding carboxylic acids is 1. The molecule has 41 heavy (non-hydrogen) atoms. The fraction of sp³-hybridized carbons (Fsp3) is 0.121. The molecule has 5 rings (SSSR count). The standard InChI is InChI=1S/C33H28N2O5S/c1-39-29-18-25(15-16-28(29)40-22-26-13-8-14-27(17-26)32(37)38)19-30-31(36)35(21-24-11-6-3-7-12-24)33(41-30)34-20-23-9-4-2-5-10-23/h2-19H,20-22H2,1H3,(H,37,38)/b30-19-,34-33?. The second-order valence-corrected chi connectivity index (χ2v) is 10.3. The average Bonchev–Trinajstić information content (AvgIpc) is 3.29. The van der Waals surface area contributed by atoms with Gasteiger partial charge in [-0.25, -0.2) is 4.79 Å². The van der Waals surface area contributed by atoms with Gasteiger partial charge in [-0.15, -0.1) is 0 Å². The van der Waals surface area contributed by atoms with Gasteiger partial charge in [-0.3, -0.25) is 14.7 Å². The van der Waals surface area contributed by atoms with E-state index in [0.717, 1.165) is 22.3 Å². The second-order valence-electron chi connectivity index (χ2n) is 9.28. The lowest BCUT2D eigenvalue weighted by Gasteiger charge is -2.15. The fourth-order valence-corrected chi connectivity index (χ4v) is 5.25. The Morgan fingerprint density at radius 1 is 0.878 bits per heavy atom. The van der Waals surface area contributed by atoms with Crippen LogP contribution in [0.2, 0.25) is 0 Å². The zero-order valence-corrected chi connectivity index (χ0v) is 23.2. The number of aliphatic imine (C=N–C) groups is 1. The number of hydrogen-bond donors (Lipinski definition) is 1.